The number of hydrogen-bond acceptors (Lipinski definition) is 4. The molecule has 0 aliphatic rings. The number of fused-ring (bicyclic) bond motifs is 2. The normalized spacial score (nSPS) is 11.7. The second-order valence-corrected chi connectivity index (χ2v) is 6.84. The summed E-state index contributed by atoms with van der Waals surface area (Å²) in [6.07, 6.45) is 1.97. The highest BCUT2D eigenvalue weighted by Crippen LogP contribution is 2.35. The van der Waals surface area contributed by atoms with Gasteiger partial charge in [-0.25, -0.2) is 4.98 Å². The van der Waals surface area contributed by atoms with Gasteiger partial charge in [0.1, 0.15) is 11.3 Å². The van der Waals surface area contributed by atoms with E-state index in [0.29, 0.717) is 0 Å². The summed E-state index contributed by atoms with van der Waals surface area (Å²) in [4.78, 5) is 5.83. The first-order valence-electron chi connectivity index (χ1n) is 8.31. The average Bonchev–Trinajstić information content (AvgIpc) is 3.34. The van der Waals surface area contributed by atoms with Gasteiger partial charge in [0.2, 0.25) is 0 Å². The molecular formula is C21H14N4S. The number of azo groups is 1. The summed E-state index contributed by atoms with van der Waals surface area (Å²) in [5.41, 5.74) is 2.57. The Hall–Kier alpha value is -3.31. The van der Waals surface area contributed by atoms with E-state index in [9.17, 15) is 0 Å². The second kappa shape index (κ2) is 6.20. The number of rotatable bonds is 3. The van der Waals surface area contributed by atoms with Gasteiger partial charge in [0.25, 0.3) is 0 Å². The van der Waals surface area contributed by atoms with Crippen molar-refractivity contribution in [2.45, 2.75) is 0 Å². The van der Waals surface area contributed by atoms with Gasteiger partial charge in [-0.2, -0.15) is 0 Å². The fourth-order valence-electron chi connectivity index (χ4n) is 3.05. The van der Waals surface area contributed by atoms with E-state index in [2.05, 4.69) is 34.5 Å². The molecule has 0 spiro atoms. The Kier molecular flexibility index (Phi) is 3.57. The number of thiophene rings is 1. The molecule has 0 aliphatic heterocycles. The zero-order chi connectivity index (χ0) is 17.3. The van der Waals surface area contributed by atoms with Gasteiger partial charge in [-0.15, -0.1) is 21.6 Å². The van der Waals surface area contributed by atoms with Crippen LogP contribution in [0.4, 0.5) is 11.5 Å². The SMILES string of the molecule is c1csc(-c2nc3ccccn3c2N=Nc2cccc3ccccc23)c1. The van der Waals surface area contributed by atoms with Crippen molar-refractivity contribution in [3.63, 3.8) is 0 Å². The molecule has 0 N–H and O–H groups in total. The van der Waals surface area contributed by atoms with E-state index < -0.39 is 0 Å². The maximum absolute atomic E-state index is 4.75. The van der Waals surface area contributed by atoms with E-state index >= 15 is 0 Å². The second-order valence-electron chi connectivity index (χ2n) is 5.89. The van der Waals surface area contributed by atoms with Crippen LogP contribution in [0, 0.1) is 0 Å². The van der Waals surface area contributed by atoms with E-state index in [1.807, 2.05) is 64.5 Å². The topological polar surface area (TPSA) is 42.0 Å². The highest BCUT2D eigenvalue weighted by atomic mass is 32.1. The third-order valence-corrected chi connectivity index (χ3v) is 5.15. The summed E-state index contributed by atoms with van der Waals surface area (Å²) in [5.74, 6) is 0.746. The fraction of sp³-hybridized carbons (Fsp3) is 0. The van der Waals surface area contributed by atoms with Crippen molar-refractivity contribution in [3.8, 4) is 10.6 Å². The largest absolute Gasteiger partial charge is 0.283 e. The molecule has 0 radical (unpaired) electrons. The molecule has 0 bridgehead atoms. The molecule has 3 aromatic heterocycles. The van der Waals surface area contributed by atoms with Crippen molar-refractivity contribution >= 4 is 39.3 Å². The molecule has 5 aromatic rings. The molecular weight excluding hydrogens is 340 g/mol. The molecule has 0 aliphatic carbocycles. The molecule has 124 valence electrons. The first-order chi connectivity index (χ1) is 12.9. The first-order valence-corrected chi connectivity index (χ1v) is 9.18. The van der Waals surface area contributed by atoms with E-state index in [0.717, 1.165) is 38.5 Å². The van der Waals surface area contributed by atoms with Crippen molar-refractivity contribution in [1.29, 1.82) is 0 Å². The molecule has 0 unspecified atom stereocenters. The van der Waals surface area contributed by atoms with Crippen LogP contribution in [0.2, 0.25) is 0 Å². The third-order valence-electron chi connectivity index (χ3n) is 4.28. The lowest BCUT2D eigenvalue weighted by Crippen LogP contribution is -1.81. The van der Waals surface area contributed by atoms with Crippen LogP contribution in [-0.2, 0) is 0 Å². The maximum Gasteiger partial charge on any atom is 0.188 e. The van der Waals surface area contributed by atoms with Gasteiger partial charge in [0.05, 0.1) is 10.6 Å². The number of aromatic nitrogens is 2. The fourth-order valence-corrected chi connectivity index (χ4v) is 3.76. The molecule has 0 fully saturated rings. The molecule has 0 saturated heterocycles. The summed E-state index contributed by atoms with van der Waals surface area (Å²) >= 11 is 1.65. The quantitative estimate of drug-likeness (QED) is 0.335. The monoisotopic (exact) mass is 354 g/mol. The van der Waals surface area contributed by atoms with Crippen LogP contribution < -0.4 is 0 Å². The van der Waals surface area contributed by atoms with Crippen molar-refractivity contribution < 1.29 is 0 Å². The summed E-state index contributed by atoms with van der Waals surface area (Å²) in [7, 11) is 0. The minimum absolute atomic E-state index is 0.746. The van der Waals surface area contributed by atoms with Gasteiger partial charge in [-0.05, 0) is 35.0 Å². The predicted octanol–water partition coefficient (Wildman–Crippen LogP) is 6.63. The van der Waals surface area contributed by atoms with Gasteiger partial charge >= 0.3 is 0 Å². The number of imidazole rings is 1. The molecule has 0 atom stereocenters. The van der Waals surface area contributed by atoms with E-state index in [1.165, 1.54) is 0 Å². The number of hydrogen-bond donors (Lipinski definition) is 0. The van der Waals surface area contributed by atoms with Crippen LogP contribution in [0.15, 0.2) is 94.6 Å². The Morgan fingerprint density at radius 1 is 0.808 bits per heavy atom. The molecule has 0 amide bonds. The van der Waals surface area contributed by atoms with E-state index in [1.54, 1.807) is 11.3 Å². The minimum Gasteiger partial charge on any atom is -0.283 e. The highest BCUT2D eigenvalue weighted by molar-refractivity contribution is 7.13. The Balaban J connectivity index is 1.69. The Bertz CT molecular complexity index is 1230. The minimum atomic E-state index is 0.746. The summed E-state index contributed by atoms with van der Waals surface area (Å²) < 4.78 is 1.98. The Morgan fingerprint density at radius 3 is 2.62 bits per heavy atom. The van der Waals surface area contributed by atoms with Crippen LogP contribution in [-0.4, -0.2) is 9.38 Å². The van der Waals surface area contributed by atoms with Crippen LogP contribution in [0.1, 0.15) is 0 Å². The van der Waals surface area contributed by atoms with E-state index in [4.69, 9.17) is 4.98 Å². The van der Waals surface area contributed by atoms with Gasteiger partial charge in [-0.3, -0.25) is 4.40 Å². The van der Waals surface area contributed by atoms with Gasteiger partial charge < -0.3 is 0 Å². The summed E-state index contributed by atoms with van der Waals surface area (Å²) in [5, 5.41) is 13.5. The predicted molar refractivity (Wildman–Crippen MR) is 107 cm³/mol. The van der Waals surface area contributed by atoms with Gasteiger partial charge in [-0.1, -0.05) is 48.5 Å². The standard InChI is InChI=1S/C21H14N4S/c1-2-9-16-15(7-1)8-5-10-17(16)23-24-21-20(18-11-6-14-26-18)22-19-12-3-4-13-25(19)21/h1-14H. The van der Waals surface area contributed by atoms with Crippen molar-refractivity contribution in [1.82, 2.24) is 9.38 Å². The van der Waals surface area contributed by atoms with Crippen LogP contribution >= 0.6 is 11.3 Å². The average molecular weight is 354 g/mol. The lowest BCUT2D eigenvalue weighted by molar-refractivity contribution is 1.11. The van der Waals surface area contributed by atoms with Crippen molar-refractivity contribution in [3.05, 3.63) is 84.4 Å². The number of benzene rings is 2. The molecule has 3 heterocycles. The molecule has 5 heteroatoms. The molecule has 4 nitrogen and oxygen atoms in total. The lowest BCUT2D eigenvalue weighted by Gasteiger charge is -2.01. The summed E-state index contributed by atoms with van der Waals surface area (Å²) in [6.45, 7) is 0. The Morgan fingerprint density at radius 2 is 1.69 bits per heavy atom. The van der Waals surface area contributed by atoms with Crippen molar-refractivity contribution in [2.24, 2.45) is 10.2 Å². The zero-order valence-electron chi connectivity index (χ0n) is 13.8. The smallest absolute Gasteiger partial charge is 0.188 e. The highest BCUT2D eigenvalue weighted by Gasteiger charge is 2.14. The molecule has 5 rings (SSSR count). The molecule has 26 heavy (non-hydrogen) atoms. The molecule has 2 aromatic carbocycles. The van der Waals surface area contributed by atoms with Crippen LogP contribution in [0.25, 0.3) is 27.0 Å². The number of pyridine rings is 1. The zero-order valence-corrected chi connectivity index (χ0v) is 14.6. The van der Waals surface area contributed by atoms with Gasteiger partial charge in [0, 0.05) is 11.6 Å². The van der Waals surface area contributed by atoms with Gasteiger partial charge in [0.15, 0.2) is 5.82 Å². The third kappa shape index (κ3) is 2.50. The first kappa shape index (κ1) is 15.0. The number of nitrogens with zero attached hydrogens (tertiary/aromatic N) is 4. The molecule has 0 saturated carbocycles. The van der Waals surface area contributed by atoms with Crippen LogP contribution in [0.3, 0.4) is 0 Å². The Labute approximate surface area is 154 Å². The lowest BCUT2D eigenvalue weighted by atomic mass is 10.1. The maximum atomic E-state index is 4.75. The van der Waals surface area contributed by atoms with Crippen molar-refractivity contribution in [2.75, 3.05) is 0 Å². The van der Waals surface area contributed by atoms with Crippen LogP contribution in [0.5, 0.6) is 0 Å². The van der Waals surface area contributed by atoms with E-state index in [-0.39, 0.29) is 0 Å². The summed E-state index contributed by atoms with van der Waals surface area (Å²) in [6, 6.07) is 24.3.